The van der Waals surface area contributed by atoms with E-state index in [-0.39, 0.29) is 5.56 Å². The number of rotatable bonds is 4. The largest absolute Gasteiger partial charge is 0.481 e. The first-order valence-corrected chi connectivity index (χ1v) is 7.71. The van der Waals surface area contributed by atoms with Gasteiger partial charge in [0.05, 0.1) is 12.0 Å². The summed E-state index contributed by atoms with van der Waals surface area (Å²) in [5.74, 6) is -2.03. The van der Waals surface area contributed by atoms with Crippen molar-refractivity contribution < 1.29 is 23.1 Å². The van der Waals surface area contributed by atoms with E-state index >= 15 is 0 Å². The zero-order valence-corrected chi connectivity index (χ0v) is 13.4. The fraction of sp³-hybridized carbons (Fsp3) is 0.211. The number of carbonyl (C=O) groups is 1. The van der Waals surface area contributed by atoms with Gasteiger partial charge >= 0.3 is 12.1 Å². The summed E-state index contributed by atoms with van der Waals surface area (Å²) in [7, 11) is 1.79. The van der Waals surface area contributed by atoms with E-state index in [9.17, 15) is 23.1 Å². The molecule has 6 heteroatoms. The number of fused-ring (bicyclic) bond motifs is 1. The maximum atomic E-state index is 13.4. The van der Waals surface area contributed by atoms with Gasteiger partial charge in [0.15, 0.2) is 0 Å². The Balaban J connectivity index is 2.25. The maximum Gasteiger partial charge on any atom is 0.416 e. The molecule has 0 amide bonds. The molecule has 3 rings (SSSR count). The summed E-state index contributed by atoms with van der Waals surface area (Å²) < 4.78 is 42.1. The zero-order valence-electron chi connectivity index (χ0n) is 13.4. The van der Waals surface area contributed by atoms with Gasteiger partial charge in [0.2, 0.25) is 0 Å². The van der Waals surface area contributed by atoms with Crippen LogP contribution in [0.15, 0.2) is 54.7 Å². The topological polar surface area (TPSA) is 42.2 Å². The molecule has 3 aromatic rings. The van der Waals surface area contributed by atoms with E-state index in [1.807, 2.05) is 12.1 Å². The van der Waals surface area contributed by atoms with Crippen LogP contribution in [-0.2, 0) is 18.0 Å². The molecular formula is C19H16F3NO2. The monoisotopic (exact) mass is 347 g/mol. The van der Waals surface area contributed by atoms with Gasteiger partial charge in [-0.3, -0.25) is 4.79 Å². The van der Waals surface area contributed by atoms with Crippen molar-refractivity contribution in [1.82, 2.24) is 4.57 Å². The molecule has 0 spiro atoms. The second-order valence-corrected chi connectivity index (χ2v) is 5.95. The molecule has 3 nitrogen and oxygen atoms in total. The van der Waals surface area contributed by atoms with Crippen LogP contribution < -0.4 is 0 Å². The van der Waals surface area contributed by atoms with Gasteiger partial charge in [0.25, 0.3) is 0 Å². The second-order valence-electron chi connectivity index (χ2n) is 5.95. The standard InChI is InChI=1S/C19H16F3NO2/c1-23-11-15(13-7-3-5-9-17(13)23)14(10-18(24)25)12-6-2-4-8-16(12)19(20,21)22/h2-9,11,14H,10H2,1H3,(H,24,25). The molecule has 1 N–H and O–H groups in total. The molecule has 130 valence electrons. The molecule has 0 radical (unpaired) electrons. The number of carboxylic acids is 1. The summed E-state index contributed by atoms with van der Waals surface area (Å²) >= 11 is 0. The van der Waals surface area contributed by atoms with E-state index in [0.717, 1.165) is 17.0 Å². The van der Waals surface area contributed by atoms with Crippen LogP contribution in [0.5, 0.6) is 0 Å². The third-order valence-electron chi connectivity index (χ3n) is 4.32. The number of carboxylic acid groups (broad SMARTS) is 1. The number of hydrogen-bond acceptors (Lipinski definition) is 1. The van der Waals surface area contributed by atoms with Gasteiger partial charge in [-0.2, -0.15) is 13.2 Å². The molecule has 2 aromatic carbocycles. The van der Waals surface area contributed by atoms with E-state index in [1.54, 1.807) is 29.9 Å². The van der Waals surface area contributed by atoms with Gasteiger partial charge in [-0.25, -0.2) is 0 Å². The molecule has 0 bridgehead atoms. The summed E-state index contributed by atoms with van der Waals surface area (Å²) in [4.78, 5) is 11.4. The number of aromatic nitrogens is 1. The van der Waals surface area contributed by atoms with E-state index in [4.69, 9.17) is 0 Å². The number of alkyl halides is 3. The van der Waals surface area contributed by atoms with Crippen LogP contribution in [0.3, 0.4) is 0 Å². The Morgan fingerprint density at radius 2 is 1.72 bits per heavy atom. The van der Waals surface area contributed by atoms with Crippen LogP contribution in [0, 0.1) is 0 Å². The van der Waals surface area contributed by atoms with Crippen molar-refractivity contribution in [1.29, 1.82) is 0 Å². The van der Waals surface area contributed by atoms with E-state index in [0.29, 0.717) is 5.56 Å². The Hall–Kier alpha value is -2.76. The van der Waals surface area contributed by atoms with Gasteiger partial charge in [0, 0.05) is 30.1 Å². The van der Waals surface area contributed by atoms with Crippen LogP contribution in [-0.4, -0.2) is 15.6 Å². The molecule has 1 heterocycles. The Kier molecular flexibility index (Phi) is 4.29. The Morgan fingerprint density at radius 1 is 1.08 bits per heavy atom. The minimum absolute atomic E-state index is 0.0197. The molecule has 0 aliphatic heterocycles. The summed E-state index contributed by atoms with van der Waals surface area (Å²) in [6.45, 7) is 0. The van der Waals surface area contributed by atoms with E-state index in [2.05, 4.69) is 0 Å². The first kappa shape index (κ1) is 17.1. The van der Waals surface area contributed by atoms with Crippen molar-refractivity contribution in [2.24, 2.45) is 7.05 Å². The Bertz CT molecular complexity index is 928. The van der Waals surface area contributed by atoms with E-state index in [1.165, 1.54) is 18.2 Å². The van der Waals surface area contributed by atoms with Crippen LogP contribution in [0.1, 0.15) is 29.0 Å². The first-order chi connectivity index (χ1) is 11.8. The van der Waals surface area contributed by atoms with Crippen molar-refractivity contribution in [3.8, 4) is 0 Å². The van der Waals surface area contributed by atoms with E-state index < -0.39 is 30.0 Å². The number of aryl methyl sites for hydroxylation is 1. The molecule has 1 unspecified atom stereocenters. The molecule has 0 saturated carbocycles. The lowest BCUT2D eigenvalue weighted by molar-refractivity contribution is -0.140. The first-order valence-electron chi connectivity index (χ1n) is 7.71. The normalized spacial score (nSPS) is 13.1. The van der Waals surface area contributed by atoms with Crippen LogP contribution >= 0.6 is 0 Å². The molecular weight excluding hydrogens is 331 g/mol. The molecule has 0 saturated heterocycles. The van der Waals surface area contributed by atoms with Crippen LogP contribution in [0.2, 0.25) is 0 Å². The molecule has 0 aliphatic rings. The SMILES string of the molecule is Cn1cc(C(CC(=O)O)c2ccccc2C(F)(F)F)c2ccccc21. The smallest absolute Gasteiger partial charge is 0.416 e. The van der Waals surface area contributed by atoms with Crippen molar-refractivity contribution >= 4 is 16.9 Å². The Morgan fingerprint density at radius 3 is 2.40 bits per heavy atom. The molecule has 1 aromatic heterocycles. The second kappa shape index (κ2) is 6.27. The molecule has 25 heavy (non-hydrogen) atoms. The minimum Gasteiger partial charge on any atom is -0.481 e. The maximum absolute atomic E-state index is 13.4. The Labute approximate surface area is 142 Å². The number of hydrogen-bond donors (Lipinski definition) is 1. The van der Waals surface area contributed by atoms with Gasteiger partial charge in [-0.1, -0.05) is 36.4 Å². The molecule has 0 aliphatic carbocycles. The summed E-state index contributed by atoms with van der Waals surface area (Å²) in [5.41, 5.74) is 0.609. The highest BCUT2D eigenvalue weighted by atomic mass is 19.4. The van der Waals surface area contributed by atoms with Crippen molar-refractivity contribution in [2.75, 3.05) is 0 Å². The molecule has 1 atom stereocenters. The fourth-order valence-corrected chi connectivity index (χ4v) is 3.27. The summed E-state index contributed by atoms with van der Waals surface area (Å²) in [6, 6.07) is 12.5. The number of halogens is 3. The summed E-state index contributed by atoms with van der Waals surface area (Å²) in [5, 5.41) is 10.0. The summed E-state index contributed by atoms with van der Waals surface area (Å²) in [6.07, 6.45) is -3.25. The predicted octanol–water partition coefficient (Wildman–Crippen LogP) is 4.80. The lowest BCUT2D eigenvalue weighted by Crippen LogP contribution is -2.15. The average molecular weight is 347 g/mol. The van der Waals surface area contributed by atoms with Crippen molar-refractivity contribution in [3.63, 3.8) is 0 Å². The van der Waals surface area contributed by atoms with Gasteiger partial charge < -0.3 is 9.67 Å². The van der Waals surface area contributed by atoms with Crippen molar-refractivity contribution in [2.45, 2.75) is 18.5 Å². The average Bonchev–Trinajstić information content (AvgIpc) is 2.89. The highest BCUT2D eigenvalue weighted by molar-refractivity contribution is 5.86. The number of aliphatic carboxylic acids is 1. The highest BCUT2D eigenvalue weighted by Gasteiger charge is 2.36. The predicted molar refractivity (Wildman–Crippen MR) is 88.5 cm³/mol. The molecule has 0 fully saturated rings. The van der Waals surface area contributed by atoms with Gasteiger partial charge in [-0.15, -0.1) is 0 Å². The lowest BCUT2D eigenvalue weighted by atomic mass is 9.85. The highest BCUT2D eigenvalue weighted by Crippen LogP contribution is 2.41. The van der Waals surface area contributed by atoms with Crippen molar-refractivity contribution in [3.05, 3.63) is 71.4 Å². The zero-order chi connectivity index (χ0) is 18.2. The van der Waals surface area contributed by atoms with Crippen LogP contribution in [0.4, 0.5) is 13.2 Å². The number of para-hydroxylation sites is 1. The third-order valence-corrected chi connectivity index (χ3v) is 4.32. The van der Waals surface area contributed by atoms with Gasteiger partial charge in [-0.05, 0) is 23.3 Å². The lowest BCUT2D eigenvalue weighted by Gasteiger charge is -2.20. The van der Waals surface area contributed by atoms with Gasteiger partial charge in [0.1, 0.15) is 0 Å². The third kappa shape index (κ3) is 3.24. The quantitative estimate of drug-likeness (QED) is 0.736. The fourth-order valence-electron chi connectivity index (χ4n) is 3.27. The number of nitrogens with zero attached hydrogens (tertiary/aromatic N) is 1. The van der Waals surface area contributed by atoms with Crippen LogP contribution in [0.25, 0.3) is 10.9 Å². The minimum atomic E-state index is -4.54. The number of benzene rings is 2.